The van der Waals surface area contributed by atoms with Crippen LogP contribution in [0.3, 0.4) is 0 Å². The Balaban J connectivity index is 2.00. The number of anilines is 1. The summed E-state index contributed by atoms with van der Waals surface area (Å²) in [6.07, 6.45) is 6.50. The van der Waals surface area contributed by atoms with Gasteiger partial charge in [-0.25, -0.2) is 4.98 Å². The zero-order valence-electron chi connectivity index (χ0n) is 11.9. The van der Waals surface area contributed by atoms with Crippen LogP contribution in [0.5, 0.6) is 0 Å². The summed E-state index contributed by atoms with van der Waals surface area (Å²) in [4.78, 5) is 18.6. The average Bonchev–Trinajstić information content (AvgIpc) is 2.48. The van der Waals surface area contributed by atoms with Crippen LogP contribution in [-0.4, -0.2) is 41.2 Å². The summed E-state index contributed by atoms with van der Waals surface area (Å²) >= 11 is 5.62. The molecule has 0 bridgehead atoms. The van der Waals surface area contributed by atoms with Crippen LogP contribution in [0.1, 0.15) is 26.2 Å². The molecule has 2 rings (SSSR count). The summed E-state index contributed by atoms with van der Waals surface area (Å²) in [6.45, 7) is 5.02. The van der Waals surface area contributed by atoms with Gasteiger partial charge in [0.05, 0.1) is 12.7 Å². The second-order valence-electron chi connectivity index (χ2n) is 5.00. The Morgan fingerprint density at radius 1 is 1.45 bits per heavy atom. The van der Waals surface area contributed by atoms with Gasteiger partial charge in [0.2, 0.25) is 0 Å². The summed E-state index contributed by atoms with van der Waals surface area (Å²) in [5.41, 5.74) is 0.00877. The van der Waals surface area contributed by atoms with E-state index in [1.165, 1.54) is 0 Å². The van der Waals surface area contributed by atoms with E-state index >= 15 is 0 Å². The van der Waals surface area contributed by atoms with E-state index in [0.29, 0.717) is 18.3 Å². The van der Waals surface area contributed by atoms with Crippen LogP contribution in [-0.2, 0) is 11.3 Å². The van der Waals surface area contributed by atoms with E-state index in [9.17, 15) is 4.79 Å². The van der Waals surface area contributed by atoms with Crippen LogP contribution in [0.4, 0.5) is 5.82 Å². The third-order valence-electron chi connectivity index (χ3n) is 3.53. The van der Waals surface area contributed by atoms with Gasteiger partial charge < -0.3 is 14.2 Å². The van der Waals surface area contributed by atoms with Crippen molar-refractivity contribution in [2.75, 3.05) is 30.5 Å². The van der Waals surface area contributed by atoms with Gasteiger partial charge in [-0.2, -0.15) is 0 Å². The molecule has 0 atom stereocenters. The van der Waals surface area contributed by atoms with Gasteiger partial charge in [0.15, 0.2) is 5.82 Å². The third-order valence-corrected chi connectivity index (χ3v) is 3.69. The van der Waals surface area contributed by atoms with Gasteiger partial charge in [-0.15, -0.1) is 11.6 Å². The third kappa shape index (κ3) is 3.73. The minimum absolute atomic E-state index is 0.00877. The molecule has 20 heavy (non-hydrogen) atoms. The molecule has 6 heteroatoms. The van der Waals surface area contributed by atoms with E-state index in [1.54, 1.807) is 17.0 Å². The standard InChI is InChI=1S/C14H22ClN3O2/c1-2-7-18-10-6-16-13(14(18)19)17-8-3-12(4-9-17)20-11-5-15/h6,10,12H,2-5,7-9,11H2,1H3. The molecule has 1 aromatic rings. The highest BCUT2D eigenvalue weighted by Crippen LogP contribution is 2.17. The second kappa shape index (κ2) is 7.64. The van der Waals surface area contributed by atoms with Crippen molar-refractivity contribution in [1.29, 1.82) is 0 Å². The van der Waals surface area contributed by atoms with Crippen molar-refractivity contribution in [3.05, 3.63) is 22.7 Å². The molecule has 0 unspecified atom stereocenters. The molecule has 0 amide bonds. The molecular weight excluding hydrogens is 278 g/mol. The maximum Gasteiger partial charge on any atom is 0.293 e. The van der Waals surface area contributed by atoms with Gasteiger partial charge in [-0.3, -0.25) is 4.79 Å². The van der Waals surface area contributed by atoms with Crippen LogP contribution in [0.15, 0.2) is 17.2 Å². The molecule has 1 aromatic heterocycles. The fourth-order valence-corrected chi connectivity index (χ4v) is 2.60. The molecule has 0 radical (unpaired) electrons. The lowest BCUT2D eigenvalue weighted by Gasteiger charge is -2.32. The smallest absolute Gasteiger partial charge is 0.293 e. The first-order valence-corrected chi connectivity index (χ1v) is 7.77. The Kier molecular flexibility index (Phi) is 5.86. The zero-order chi connectivity index (χ0) is 14.4. The lowest BCUT2D eigenvalue weighted by Crippen LogP contribution is -2.41. The van der Waals surface area contributed by atoms with Crippen molar-refractivity contribution in [3.8, 4) is 0 Å². The molecule has 1 fully saturated rings. The average molecular weight is 300 g/mol. The Morgan fingerprint density at radius 2 is 2.20 bits per heavy atom. The van der Waals surface area contributed by atoms with Crippen molar-refractivity contribution in [2.24, 2.45) is 0 Å². The molecule has 0 N–H and O–H groups in total. The van der Waals surface area contributed by atoms with E-state index in [-0.39, 0.29) is 11.7 Å². The van der Waals surface area contributed by atoms with Gasteiger partial charge in [0.25, 0.3) is 5.56 Å². The number of hydrogen-bond acceptors (Lipinski definition) is 4. The zero-order valence-corrected chi connectivity index (χ0v) is 12.7. The van der Waals surface area contributed by atoms with Gasteiger partial charge in [0.1, 0.15) is 0 Å². The fourth-order valence-electron chi connectivity index (χ4n) is 2.52. The molecule has 1 saturated heterocycles. The van der Waals surface area contributed by atoms with E-state index in [1.807, 2.05) is 0 Å². The van der Waals surface area contributed by atoms with Crippen molar-refractivity contribution < 1.29 is 4.74 Å². The molecule has 0 aliphatic carbocycles. The highest BCUT2D eigenvalue weighted by molar-refractivity contribution is 6.17. The lowest BCUT2D eigenvalue weighted by atomic mass is 10.1. The van der Waals surface area contributed by atoms with Crippen molar-refractivity contribution >= 4 is 17.4 Å². The SMILES string of the molecule is CCCn1ccnc(N2CCC(OCCCl)CC2)c1=O. The van der Waals surface area contributed by atoms with Crippen LogP contribution in [0, 0.1) is 0 Å². The molecule has 2 heterocycles. The minimum Gasteiger partial charge on any atom is -0.377 e. The molecular formula is C14H22ClN3O2. The molecule has 0 saturated carbocycles. The first-order valence-electron chi connectivity index (χ1n) is 7.24. The highest BCUT2D eigenvalue weighted by Gasteiger charge is 2.22. The monoisotopic (exact) mass is 299 g/mol. The van der Waals surface area contributed by atoms with Crippen LogP contribution in [0.2, 0.25) is 0 Å². The number of halogens is 1. The summed E-state index contributed by atoms with van der Waals surface area (Å²) in [5, 5.41) is 0. The van der Waals surface area contributed by atoms with Gasteiger partial charge in [-0.05, 0) is 19.3 Å². The quantitative estimate of drug-likeness (QED) is 0.753. The van der Waals surface area contributed by atoms with E-state index in [4.69, 9.17) is 16.3 Å². The first kappa shape index (κ1) is 15.3. The Bertz CT molecular complexity index is 470. The van der Waals surface area contributed by atoms with Gasteiger partial charge >= 0.3 is 0 Å². The number of aryl methyl sites for hydroxylation is 1. The maximum atomic E-state index is 12.3. The Labute approximate surface area is 124 Å². The molecule has 1 aliphatic heterocycles. The molecule has 1 aliphatic rings. The normalized spacial score (nSPS) is 16.6. The second-order valence-corrected chi connectivity index (χ2v) is 5.37. The topological polar surface area (TPSA) is 47.4 Å². The van der Waals surface area contributed by atoms with Crippen LogP contribution >= 0.6 is 11.6 Å². The van der Waals surface area contributed by atoms with E-state index < -0.39 is 0 Å². The van der Waals surface area contributed by atoms with Gasteiger partial charge in [-0.1, -0.05) is 6.92 Å². The number of aromatic nitrogens is 2. The summed E-state index contributed by atoms with van der Waals surface area (Å²) in [7, 11) is 0. The van der Waals surface area contributed by atoms with E-state index in [2.05, 4.69) is 16.8 Å². The summed E-state index contributed by atoms with van der Waals surface area (Å²) < 4.78 is 7.38. The number of ether oxygens (including phenoxy) is 1. The minimum atomic E-state index is 0.00877. The van der Waals surface area contributed by atoms with Crippen LogP contribution in [0.25, 0.3) is 0 Å². The molecule has 0 spiro atoms. The number of piperidine rings is 1. The fraction of sp³-hybridized carbons (Fsp3) is 0.714. The largest absolute Gasteiger partial charge is 0.377 e. The predicted molar refractivity (Wildman–Crippen MR) is 80.7 cm³/mol. The van der Waals surface area contributed by atoms with E-state index in [0.717, 1.165) is 38.9 Å². The highest BCUT2D eigenvalue weighted by atomic mass is 35.5. The molecule has 5 nitrogen and oxygen atoms in total. The van der Waals surface area contributed by atoms with Gasteiger partial charge in [0, 0.05) is 37.9 Å². The Hall–Kier alpha value is -1.07. The maximum absolute atomic E-state index is 12.3. The molecule has 112 valence electrons. The summed E-state index contributed by atoms with van der Waals surface area (Å²) in [6, 6.07) is 0. The number of alkyl halides is 1. The first-order chi connectivity index (χ1) is 9.76. The van der Waals surface area contributed by atoms with Crippen molar-refractivity contribution in [1.82, 2.24) is 9.55 Å². The number of hydrogen-bond donors (Lipinski definition) is 0. The molecule has 0 aromatic carbocycles. The van der Waals surface area contributed by atoms with Crippen molar-refractivity contribution in [3.63, 3.8) is 0 Å². The lowest BCUT2D eigenvalue weighted by molar-refractivity contribution is 0.0470. The number of nitrogens with zero attached hydrogens (tertiary/aromatic N) is 3. The Morgan fingerprint density at radius 3 is 2.85 bits per heavy atom. The predicted octanol–water partition coefficient (Wildman–Crippen LogP) is 1.88. The number of rotatable bonds is 6. The van der Waals surface area contributed by atoms with Crippen molar-refractivity contribution in [2.45, 2.75) is 38.8 Å². The summed E-state index contributed by atoms with van der Waals surface area (Å²) in [5.74, 6) is 1.10. The van der Waals surface area contributed by atoms with Crippen LogP contribution < -0.4 is 10.5 Å².